The maximum absolute atomic E-state index is 11.2. The summed E-state index contributed by atoms with van der Waals surface area (Å²) in [5.41, 5.74) is 1.97. The molecule has 1 aliphatic heterocycles. The number of hydrogen-bond acceptors (Lipinski definition) is 5. The molecule has 7 heteroatoms. The van der Waals surface area contributed by atoms with Gasteiger partial charge in [0, 0.05) is 39.8 Å². The topological polar surface area (TPSA) is 79.6 Å². The van der Waals surface area contributed by atoms with Crippen molar-refractivity contribution in [3.05, 3.63) is 29.6 Å². The molecule has 7 nitrogen and oxygen atoms in total. The highest BCUT2D eigenvalue weighted by atomic mass is 16.5. The van der Waals surface area contributed by atoms with Gasteiger partial charge in [0.1, 0.15) is 5.82 Å². The fraction of sp³-hybridized carbons (Fsp3) is 0.500. The number of rotatable bonds is 6. The number of carboxylic acids is 1. The highest BCUT2D eigenvalue weighted by Crippen LogP contribution is 2.20. The molecule has 0 unspecified atom stereocenters. The van der Waals surface area contributed by atoms with Gasteiger partial charge in [-0.2, -0.15) is 0 Å². The largest absolute Gasteiger partial charge is 0.478 e. The molecular weight excluding hydrogens is 296 g/mol. The van der Waals surface area contributed by atoms with Crippen LogP contribution in [0.2, 0.25) is 0 Å². The Morgan fingerprint density at radius 2 is 2.17 bits per heavy atom. The molecule has 0 radical (unpaired) electrons. The van der Waals surface area contributed by atoms with E-state index in [1.54, 1.807) is 25.3 Å². The minimum Gasteiger partial charge on any atom is -0.478 e. The lowest BCUT2D eigenvalue weighted by molar-refractivity contribution is 0.0697. The first kappa shape index (κ1) is 15.9. The zero-order chi connectivity index (χ0) is 16.2. The van der Waals surface area contributed by atoms with E-state index in [1.165, 1.54) is 0 Å². The van der Waals surface area contributed by atoms with Crippen molar-refractivity contribution in [3.63, 3.8) is 0 Å². The number of nitrogens with one attached hydrogen (secondary N) is 1. The smallest absolute Gasteiger partial charge is 0.335 e. The summed E-state index contributed by atoms with van der Waals surface area (Å²) < 4.78 is 7.27. The minimum atomic E-state index is -0.921. The molecule has 0 atom stereocenters. The standard InChI is InChI=1S/C16H22N4O3/c1-23-9-8-20-14-10-12(16(21)22)2-3-13(14)18-15(20)11-19-6-4-17-5-7-19/h2-3,10,17H,4-9,11H2,1H3,(H,21,22). The average molecular weight is 318 g/mol. The third kappa shape index (κ3) is 3.52. The first-order valence-electron chi connectivity index (χ1n) is 7.83. The Labute approximate surface area is 134 Å². The Balaban J connectivity index is 1.95. The van der Waals surface area contributed by atoms with Gasteiger partial charge in [0.15, 0.2) is 0 Å². The van der Waals surface area contributed by atoms with Crippen LogP contribution >= 0.6 is 0 Å². The molecule has 1 aromatic carbocycles. The summed E-state index contributed by atoms with van der Waals surface area (Å²) in [4.78, 5) is 18.3. The van der Waals surface area contributed by atoms with Crippen molar-refractivity contribution >= 4 is 17.0 Å². The van der Waals surface area contributed by atoms with Gasteiger partial charge in [0.25, 0.3) is 0 Å². The van der Waals surface area contributed by atoms with Crippen LogP contribution in [0.4, 0.5) is 0 Å². The van der Waals surface area contributed by atoms with E-state index in [2.05, 4.69) is 14.8 Å². The zero-order valence-electron chi connectivity index (χ0n) is 13.3. The zero-order valence-corrected chi connectivity index (χ0v) is 13.3. The molecule has 23 heavy (non-hydrogen) atoms. The average Bonchev–Trinajstić information content (AvgIpc) is 2.90. The number of aromatic nitrogens is 2. The molecule has 2 N–H and O–H groups in total. The van der Waals surface area contributed by atoms with Crippen LogP contribution in [0.3, 0.4) is 0 Å². The summed E-state index contributed by atoms with van der Waals surface area (Å²) in [6.45, 7) is 5.96. The fourth-order valence-electron chi connectivity index (χ4n) is 2.93. The van der Waals surface area contributed by atoms with E-state index in [-0.39, 0.29) is 5.56 Å². The van der Waals surface area contributed by atoms with E-state index in [0.29, 0.717) is 13.2 Å². The summed E-state index contributed by atoms with van der Waals surface area (Å²) in [5, 5.41) is 12.6. The maximum atomic E-state index is 11.2. The molecule has 1 aliphatic rings. The van der Waals surface area contributed by atoms with Gasteiger partial charge in [0.2, 0.25) is 0 Å². The predicted octanol–water partition coefficient (Wildman–Crippen LogP) is 0.786. The van der Waals surface area contributed by atoms with Gasteiger partial charge >= 0.3 is 5.97 Å². The van der Waals surface area contributed by atoms with Crippen molar-refractivity contribution in [1.29, 1.82) is 0 Å². The third-order valence-corrected chi connectivity index (χ3v) is 4.17. The van der Waals surface area contributed by atoms with Gasteiger partial charge in [-0.1, -0.05) is 0 Å². The number of fused-ring (bicyclic) bond motifs is 1. The van der Waals surface area contributed by atoms with Crippen molar-refractivity contribution < 1.29 is 14.6 Å². The molecule has 3 rings (SSSR count). The van der Waals surface area contributed by atoms with E-state index in [1.807, 2.05) is 0 Å². The number of carboxylic acid groups (broad SMARTS) is 1. The lowest BCUT2D eigenvalue weighted by Crippen LogP contribution is -2.43. The minimum absolute atomic E-state index is 0.282. The van der Waals surface area contributed by atoms with E-state index in [0.717, 1.165) is 49.6 Å². The summed E-state index contributed by atoms with van der Waals surface area (Å²) in [6, 6.07) is 5.08. The van der Waals surface area contributed by atoms with Crippen molar-refractivity contribution in [1.82, 2.24) is 19.8 Å². The second kappa shape index (κ2) is 7.08. The number of hydrogen-bond donors (Lipinski definition) is 2. The highest BCUT2D eigenvalue weighted by Gasteiger charge is 2.17. The van der Waals surface area contributed by atoms with Gasteiger partial charge in [-0.15, -0.1) is 0 Å². The SMILES string of the molecule is COCCn1c(CN2CCNCC2)nc2ccc(C(=O)O)cc21. The number of nitrogens with zero attached hydrogens (tertiary/aromatic N) is 3. The molecule has 0 aliphatic carbocycles. The van der Waals surface area contributed by atoms with Crippen LogP contribution in [-0.4, -0.2) is 65.4 Å². The van der Waals surface area contributed by atoms with Crippen molar-refractivity contribution in [2.45, 2.75) is 13.1 Å². The Kier molecular flexibility index (Phi) is 4.90. The third-order valence-electron chi connectivity index (χ3n) is 4.17. The molecule has 1 saturated heterocycles. The highest BCUT2D eigenvalue weighted by molar-refractivity contribution is 5.92. The number of ether oxygens (including phenoxy) is 1. The Morgan fingerprint density at radius 3 is 2.87 bits per heavy atom. The van der Waals surface area contributed by atoms with Gasteiger partial charge in [-0.3, -0.25) is 4.90 Å². The van der Waals surface area contributed by atoms with E-state index in [4.69, 9.17) is 9.72 Å². The fourth-order valence-corrected chi connectivity index (χ4v) is 2.93. The molecule has 0 spiro atoms. The summed E-state index contributed by atoms with van der Waals surface area (Å²) in [6.07, 6.45) is 0. The van der Waals surface area contributed by atoms with E-state index >= 15 is 0 Å². The number of carbonyl (C=O) groups is 1. The first-order valence-corrected chi connectivity index (χ1v) is 7.83. The molecule has 1 fully saturated rings. The lowest BCUT2D eigenvalue weighted by Gasteiger charge is -2.27. The summed E-state index contributed by atoms with van der Waals surface area (Å²) in [5.74, 6) is 0.0385. The molecule has 2 aromatic rings. The van der Waals surface area contributed by atoms with Crippen LogP contribution < -0.4 is 5.32 Å². The number of benzene rings is 1. The number of piperazine rings is 1. The van der Waals surface area contributed by atoms with Gasteiger partial charge in [0.05, 0.1) is 29.7 Å². The van der Waals surface area contributed by atoms with E-state index in [9.17, 15) is 9.90 Å². The normalized spacial score (nSPS) is 16.0. The molecule has 0 saturated carbocycles. The number of aromatic carboxylic acids is 1. The van der Waals surface area contributed by atoms with Crippen LogP contribution in [-0.2, 0) is 17.8 Å². The quantitative estimate of drug-likeness (QED) is 0.820. The Hall–Kier alpha value is -1.96. The monoisotopic (exact) mass is 318 g/mol. The van der Waals surface area contributed by atoms with Gasteiger partial charge < -0.3 is 19.7 Å². The predicted molar refractivity (Wildman–Crippen MR) is 86.7 cm³/mol. The van der Waals surface area contributed by atoms with Crippen molar-refractivity contribution in [3.8, 4) is 0 Å². The van der Waals surface area contributed by atoms with Crippen LogP contribution in [0.1, 0.15) is 16.2 Å². The van der Waals surface area contributed by atoms with Crippen LogP contribution in [0.5, 0.6) is 0 Å². The maximum Gasteiger partial charge on any atom is 0.335 e. The van der Waals surface area contributed by atoms with Gasteiger partial charge in [-0.25, -0.2) is 9.78 Å². The molecule has 1 aromatic heterocycles. The second-order valence-electron chi connectivity index (χ2n) is 5.71. The summed E-state index contributed by atoms with van der Waals surface area (Å²) >= 11 is 0. The molecule has 2 heterocycles. The van der Waals surface area contributed by atoms with Crippen LogP contribution in [0.25, 0.3) is 11.0 Å². The number of imidazole rings is 1. The number of methoxy groups -OCH3 is 1. The van der Waals surface area contributed by atoms with Crippen molar-refractivity contribution in [2.75, 3.05) is 39.9 Å². The molecule has 124 valence electrons. The van der Waals surface area contributed by atoms with Gasteiger partial charge in [-0.05, 0) is 18.2 Å². The van der Waals surface area contributed by atoms with Crippen molar-refractivity contribution in [2.24, 2.45) is 0 Å². The lowest BCUT2D eigenvalue weighted by atomic mass is 10.2. The Morgan fingerprint density at radius 1 is 1.39 bits per heavy atom. The van der Waals surface area contributed by atoms with Crippen LogP contribution in [0.15, 0.2) is 18.2 Å². The first-order chi connectivity index (χ1) is 11.2. The molecule has 0 bridgehead atoms. The summed E-state index contributed by atoms with van der Waals surface area (Å²) in [7, 11) is 1.66. The molecule has 0 amide bonds. The van der Waals surface area contributed by atoms with E-state index < -0.39 is 5.97 Å². The second-order valence-corrected chi connectivity index (χ2v) is 5.71. The Bertz CT molecular complexity index is 692. The van der Waals surface area contributed by atoms with Crippen LogP contribution in [0, 0.1) is 0 Å². The molecular formula is C16H22N4O3.